The average molecular weight is 380 g/mol. The molecule has 0 saturated heterocycles. The molecule has 0 radical (unpaired) electrons. The number of esters is 1. The van der Waals surface area contributed by atoms with Crippen LogP contribution in [-0.2, 0) is 14.3 Å². The zero-order chi connectivity index (χ0) is 19.1. The van der Waals surface area contributed by atoms with Crippen LogP contribution in [0.1, 0.15) is 18.9 Å². The second-order valence-electron chi connectivity index (χ2n) is 5.66. The van der Waals surface area contributed by atoms with E-state index in [0.717, 1.165) is 11.6 Å². The molecule has 1 atom stereocenters. The minimum atomic E-state index is -1.07. The summed E-state index contributed by atoms with van der Waals surface area (Å²) in [6, 6.07) is 11.3. The molecule has 0 aromatic heterocycles. The van der Waals surface area contributed by atoms with Crippen molar-refractivity contribution in [3.63, 3.8) is 0 Å². The van der Waals surface area contributed by atoms with Crippen LogP contribution in [0.25, 0.3) is 0 Å². The Bertz CT molecular complexity index is 780. The van der Waals surface area contributed by atoms with Gasteiger partial charge < -0.3 is 14.8 Å². The molecule has 0 aliphatic carbocycles. The molecule has 138 valence electrons. The summed E-state index contributed by atoms with van der Waals surface area (Å²) in [4.78, 5) is 23.8. The van der Waals surface area contributed by atoms with Crippen molar-refractivity contribution in [2.45, 2.75) is 26.4 Å². The summed E-state index contributed by atoms with van der Waals surface area (Å²) < 4.78 is 24.1. The molecule has 2 aromatic rings. The zero-order valence-corrected chi connectivity index (χ0v) is 15.2. The van der Waals surface area contributed by atoms with Crippen LogP contribution in [0.3, 0.4) is 0 Å². The Morgan fingerprint density at radius 2 is 1.88 bits per heavy atom. The number of rotatable bonds is 7. The molecule has 0 aliphatic rings. The number of anilines is 1. The smallest absolute Gasteiger partial charge is 0.310 e. The van der Waals surface area contributed by atoms with E-state index < -0.39 is 23.8 Å². The predicted molar refractivity (Wildman–Crippen MR) is 96.9 cm³/mol. The molecule has 2 aromatic carbocycles. The number of nitrogens with one attached hydrogen (secondary N) is 1. The van der Waals surface area contributed by atoms with Gasteiger partial charge in [-0.25, -0.2) is 4.39 Å². The maximum absolute atomic E-state index is 13.7. The molecule has 0 fully saturated rings. The van der Waals surface area contributed by atoms with Gasteiger partial charge in [0.15, 0.2) is 6.10 Å². The summed E-state index contributed by atoms with van der Waals surface area (Å²) in [6.07, 6.45) is -1.09. The highest BCUT2D eigenvalue weighted by Crippen LogP contribution is 2.19. The highest BCUT2D eigenvalue weighted by atomic mass is 35.5. The third-order valence-corrected chi connectivity index (χ3v) is 3.70. The Kier molecular flexibility index (Phi) is 6.97. The topological polar surface area (TPSA) is 64.6 Å². The lowest BCUT2D eigenvalue weighted by atomic mass is 10.2. The highest BCUT2D eigenvalue weighted by Gasteiger charge is 2.19. The van der Waals surface area contributed by atoms with Crippen LogP contribution in [0.15, 0.2) is 42.5 Å². The van der Waals surface area contributed by atoms with Gasteiger partial charge in [-0.2, -0.15) is 0 Å². The second-order valence-corrected chi connectivity index (χ2v) is 6.09. The van der Waals surface area contributed by atoms with Crippen LogP contribution in [0.5, 0.6) is 5.75 Å². The summed E-state index contributed by atoms with van der Waals surface area (Å²) in [5.41, 5.74) is 1.07. The predicted octanol–water partition coefficient (Wildman–Crippen LogP) is 4.13. The molecule has 0 saturated carbocycles. The Balaban J connectivity index is 1.76. The van der Waals surface area contributed by atoms with Crippen LogP contribution in [0.4, 0.5) is 10.1 Å². The maximum atomic E-state index is 13.7. The lowest BCUT2D eigenvalue weighted by Crippen LogP contribution is -2.30. The Morgan fingerprint density at radius 1 is 1.19 bits per heavy atom. The first-order chi connectivity index (χ1) is 12.3. The maximum Gasteiger partial charge on any atom is 0.310 e. The van der Waals surface area contributed by atoms with E-state index in [-0.39, 0.29) is 23.7 Å². The van der Waals surface area contributed by atoms with E-state index in [4.69, 9.17) is 21.1 Å². The fraction of sp³-hybridized carbons (Fsp3) is 0.263. The molecule has 0 heterocycles. The minimum absolute atomic E-state index is 0.0131. The lowest BCUT2D eigenvalue weighted by Gasteiger charge is -2.14. The summed E-state index contributed by atoms with van der Waals surface area (Å²) in [5, 5.41) is 2.56. The first kappa shape index (κ1) is 19.7. The third kappa shape index (κ3) is 6.04. The number of benzene rings is 2. The molecular formula is C19H19ClFNO4. The average Bonchev–Trinajstić information content (AvgIpc) is 2.59. The number of amides is 1. The van der Waals surface area contributed by atoms with Crippen molar-refractivity contribution in [1.29, 1.82) is 0 Å². The largest absolute Gasteiger partial charge is 0.493 e. The second kappa shape index (κ2) is 9.20. The van der Waals surface area contributed by atoms with Crippen LogP contribution < -0.4 is 10.1 Å². The van der Waals surface area contributed by atoms with Gasteiger partial charge in [0.2, 0.25) is 0 Å². The SMILES string of the molecule is Cc1ccc(OCCC(=O)O[C@H](C)C(=O)Nc2ccc(Cl)cc2F)cc1. The number of carbonyl (C=O) groups is 2. The molecule has 1 N–H and O–H groups in total. The van der Waals surface area contributed by atoms with E-state index in [1.165, 1.54) is 19.1 Å². The number of halogens is 2. The van der Waals surface area contributed by atoms with Gasteiger partial charge in [0.25, 0.3) is 5.91 Å². The normalized spacial score (nSPS) is 11.5. The number of ether oxygens (including phenoxy) is 2. The first-order valence-corrected chi connectivity index (χ1v) is 8.38. The van der Waals surface area contributed by atoms with Gasteiger partial charge in [-0.05, 0) is 44.2 Å². The van der Waals surface area contributed by atoms with Crippen LogP contribution >= 0.6 is 11.6 Å². The van der Waals surface area contributed by atoms with Gasteiger partial charge in [0.1, 0.15) is 11.6 Å². The first-order valence-electron chi connectivity index (χ1n) is 8.00. The van der Waals surface area contributed by atoms with E-state index in [2.05, 4.69) is 5.32 Å². The molecule has 5 nitrogen and oxygen atoms in total. The van der Waals surface area contributed by atoms with Gasteiger partial charge in [0, 0.05) is 5.02 Å². The quantitative estimate of drug-likeness (QED) is 0.735. The number of hydrogen-bond acceptors (Lipinski definition) is 4. The van der Waals surface area contributed by atoms with E-state index in [9.17, 15) is 14.0 Å². The number of aryl methyl sites for hydroxylation is 1. The molecule has 0 aliphatic heterocycles. The fourth-order valence-electron chi connectivity index (χ4n) is 2.02. The van der Waals surface area contributed by atoms with Crippen molar-refractivity contribution < 1.29 is 23.5 Å². The number of hydrogen-bond donors (Lipinski definition) is 1. The van der Waals surface area contributed by atoms with Crippen LogP contribution in [0, 0.1) is 12.7 Å². The van der Waals surface area contributed by atoms with Gasteiger partial charge in [-0.15, -0.1) is 0 Å². The van der Waals surface area contributed by atoms with Crippen LogP contribution in [-0.4, -0.2) is 24.6 Å². The standard InChI is InChI=1S/C19H19ClFNO4/c1-12-3-6-15(7-4-12)25-10-9-18(23)26-13(2)19(24)22-17-8-5-14(20)11-16(17)21/h3-8,11,13H,9-10H2,1-2H3,(H,22,24)/t13-/m1/s1. The molecule has 0 spiro atoms. The van der Waals surface area contributed by atoms with E-state index in [1.807, 2.05) is 19.1 Å². The van der Waals surface area contributed by atoms with E-state index in [0.29, 0.717) is 5.75 Å². The van der Waals surface area contributed by atoms with E-state index >= 15 is 0 Å². The van der Waals surface area contributed by atoms with Crippen molar-refractivity contribution in [3.8, 4) is 5.75 Å². The molecule has 7 heteroatoms. The zero-order valence-electron chi connectivity index (χ0n) is 14.4. The molecule has 1 amide bonds. The summed E-state index contributed by atoms with van der Waals surface area (Å²) in [5.74, 6) is -1.25. The lowest BCUT2D eigenvalue weighted by molar-refractivity contribution is -0.153. The van der Waals surface area contributed by atoms with Crippen molar-refractivity contribution in [3.05, 3.63) is 58.9 Å². The highest BCUT2D eigenvalue weighted by molar-refractivity contribution is 6.30. The molecule has 0 unspecified atom stereocenters. The summed E-state index contributed by atoms with van der Waals surface area (Å²) >= 11 is 5.65. The Labute approximate surface area is 156 Å². The van der Waals surface area contributed by atoms with Crippen molar-refractivity contribution >= 4 is 29.2 Å². The van der Waals surface area contributed by atoms with Crippen molar-refractivity contribution in [1.82, 2.24) is 0 Å². The molecule has 0 bridgehead atoms. The molecule has 26 heavy (non-hydrogen) atoms. The monoisotopic (exact) mass is 379 g/mol. The van der Waals surface area contributed by atoms with Crippen LogP contribution in [0.2, 0.25) is 5.02 Å². The molecule has 2 rings (SSSR count). The van der Waals surface area contributed by atoms with Crippen molar-refractivity contribution in [2.24, 2.45) is 0 Å². The van der Waals surface area contributed by atoms with Gasteiger partial charge in [0.05, 0.1) is 18.7 Å². The van der Waals surface area contributed by atoms with Gasteiger partial charge in [-0.1, -0.05) is 29.3 Å². The third-order valence-electron chi connectivity index (χ3n) is 3.46. The summed E-state index contributed by atoms with van der Waals surface area (Å²) in [6.45, 7) is 3.49. The Hall–Kier alpha value is -2.60. The van der Waals surface area contributed by atoms with Gasteiger partial charge in [-0.3, -0.25) is 9.59 Å². The molecular weight excluding hydrogens is 361 g/mol. The van der Waals surface area contributed by atoms with E-state index in [1.54, 1.807) is 12.1 Å². The minimum Gasteiger partial charge on any atom is -0.493 e. The summed E-state index contributed by atoms with van der Waals surface area (Å²) in [7, 11) is 0. The fourth-order valence-corrected chi connectivity index (χ4v) is 2.18. The Morgan fingerprint density at radius 3 is 2.54 bits per heavy atom. The van der Waals surface area contributed by atoms with Gasteiger partial charge >= 0.3 is 5.97 Å². The van der Waals surface area contributed by atoms with Crippen molar-refractivity contribution in [2.75, 3.05) is 11.9 Å². The number of carbonyl (C=O) groups excluding carboxylic acids is 2.